The number of pyridine rings is 1. The minimum absolute atomic E-state index is 0.142. The fourth-order valence-corrected chi connectivity index (χ4v) is 6.91. The molecule has 36 heavy (non-hydrogen) atoms. The van der Waals surface area contributed by atoms with Crippen LogP contribution in [0, 0.1) is 17.5 Å². The Balaban J connectivity index is 1.58. The van der Waals surface area contributed by atoms with Crippen molar-refractivity contribution < 1.29 is 26.3 Å². The van der Waals surface area contributed by atoms with Crippen molar-refractivity contribution in [1.82, 2.24) is 9.97 Å². The highest BCUT2D eigenvalue weighted by atomic mass is 32.2. The van der Waals surface area contributed by atoms with Crippen LogP contribution in [-0.2, 0) is 20.3 Å². The molecule has 3 heterocycles. The number of aromatic nitrogens is 2. The van der Waals surface area contributed by atoms with Gasteiger partial charge in [0, 0.05) is 42.7 Å². The molecule has 1 saturated heterocycles. The van der Waals surface area contributed by atoms with Gasteiger partial charge in [-0.05, 0) is 54.8 Å². The van der Waals surface area contributed by atoms with Crippen molar-refractivity contribution in [2.45, 2.75) is 29.4 Å². The molecule has 0 amide bonds. The molecular weight excluding hydrogens is 509 g/mol. The molecule has 0 saturated carbocycles. The second-order valence-corrected chi connectivity index (χ2v) is 11.5. The Morgan fingerprint density at radius 1 is 1.00 bits per heavy atom. The Labute approximate surface area is 210 Å². The normalized spacial score (nSPS) is 14.8. The van der Waals surface area contributed by atoms with E-state index in [-0.39, 0.29) is 17.0 Å². The van der Waals surface area contributed by atoms with Crippen molar-refractivity contribution in [3.63, 3.8) is 0 Å². The number of thiazole rings is 1. The van der Waals surface area contributed by atoms with E-state index >= 15 is 4.39 Å². The van der Waals surface area contributed by atoms with Crippen molar-refractivity contribution in [2.75, 3.05) is 13.2 Å². The van der Waals surface area contributed by atoms with E-state index in [4.69, 9.17) is 9.72 Å². The molecule has 186 valence electrons. The third kappa shape index (κ3) is 4.93. The molecule has 5 nitrogen and oxygen atoms in total. The summed E-state index contributed by atoms with van der Waals surface area (Å²) in [5.74, 6) is -3.39. The average Bonchev–Trinajstić information content (AvgIpc) is 3.33. The van der Waals surface area contributed by atoms with Gasteiger partial charge in [-0.15, -0.1) is 11.3 Å². The second-order valence-electron chi connectivity index (χ2n) is 8.46. The molecule has 1 aliphatic heterocycles. The van der Waals surface area contributed by atoms with Crippen molar-refractivity contribution in [3.05, 3.63) is 88.9 Å². The van der Waals surface area contributed by atoms with Crippen LogP contribution in [0.3, 0.4) is 0 Å². The number of hydrogen-bond donors (Lipinski definition) is 0. The fraction of sp³-hybridized carbons (Fsp3) is 0.231. The Kier molecular flexibility index (Phi) is 6.92. The first-order valence-corrected chi connectivity index (χ1v) is 13.7. The van der Waals surface area contributed by atoms with Crippen molar-refractivity contribution in [1.29, 1.82) is 0 Å². The maximum absolute atomic E-state index is 15.8. The molecule has 2 aromatic heterocycles. The predicted molar refractivity (Wildman–Crippen MR) is 131 cm³/mol. The van der Waals surface area contributed by atoms with Crippen LogP contribution < -0.4 is 0 Å². The standard InChI is InChI=1S/C26H21F3N2O3S2/c27-19-4-5-21(28)22(14-19)36(32,33)15-18-2-1-3-20(23(18)29)24-25(16-6-10-30-11-7-16)35-26(31-24)17-8-12-34-13-9-17/h1-7,10-11,14,17H,8-9,12-13,15H2. The van der Waals surface area contributed by atoms with Crippen molar-refractivity contribution >= 4 is 21.2 Å². The van der Waals surface area contributed by atoms with E-state index in [2.05, 4.69) is 4.98 Å². The van der Waals surface area contributed by atoms with Gasteiger partial charge < -0.3 is 4.74 Å². The quantitative estimate of drug-likeness (QED) is 0.299. The lowest BCUT2D eigenvalue weighted by Crippen LogP contribution is -2.13. The Hall–Kier alpha value is -3.08. The van der Waals surface area contributed by atoms with Crippen LogP contribution in [0.25, 0.3) is 21.7 Å². The van der Waals surface area contributed by atoms with Crippen LogP contribution in [0.5, 0.6) is 0 Å². The highest BCUT2D eigenvalue weighted by molar-refractivity contribution is 7.90. The predicted octanol–water partition coefficient (Wildman–Crippen LogP) is 6.16. The van der Waals surface area contributed by atoms with Gasteiger partial charge in [-0.1, -0.05) is 12.1 Å². The SMILES string of the molecule is O=S(=O)(Cc1cccc(-c2nc(C3CCOCC3)sc2-c2ccncc2)c1F)c1cc(F)ccc1F. The van der Waals surface area contributed by atoms with E-state index in [0.29, 0.717) is 25.0 Å². The van der Waals surface area contributed by atoms with Gasteiger partial charge >= 0.3 is 0 Å². The number of ether oxygens (including phenoxy) is 1. The Morgan fingerprint density at radius 3 is 2.50 bits per heavy atom. The van der Waals surface area contributed by atoms with Gasteiger partial charge in [0.15, 0.2) is 9.84 Å². The molecule has 1 aliphatic rings. The largest absolute Gasteiger partial charge is 0.381 e. The van der Waals surface area contributed by atoms with Crippen LogP contribution in [0.2, 0.25) is 0 Å². The van der Waals surface area contributed by atoms with Gasteiger partial charge in [-0.2, -0.15) is 0 Å². The molecule has 5 rings (SSSR count). The van der Waals surface area contributed by atoms with E-state index in [1.165, 1.54) is 23.5 Å². The molecule has 0 bridgehead atoms. The van der Waals surface area contributed by atoms with Crippen LogP contribution in [-0.4, -0.2) is 31.6 Å². The molecule has 2 aromatic carbocycles. The minimum Gasteiger partial charge on any atom is -0.381 e. The minimum atomic E-state index is -4.36. The average molecular weight is 531 g/mol. The first kappa shape index (κ1) is 24.6. The zero-order valence-corrected chi connectivity index (χ0v) is 20.6. The Morgan fingerprint density at radius 2 is 1.75 bits per heavy atom. The number of benzene rings is 2. The van der Waals surface area contributed by atoms with E-state index in [0.717, 1.165) is 40.4 Å². The molecule has 0 unspecified atom stereocenters. The number of halogens is 3. The molecule has 1 fully saturated rings. The fourth-order valence-electron chi connectivity index (χ4n) is 4.21. The van der Waals surface area contributed by atoms with E-state index < -0.39 is 37.9 Å². The monoisotopic (exact) mass is 530 g/mol. The van der Waals surface area contributed by atoms with Gasteiger partial charge in [0.25, 0.3) is 0 Å². The molecule has 0 N–H and O–H groups in total. The molecule has 0 atom stereocenters. The van der Waals surface area contributed by atoms with Gasteiger partial charge in [-0.25, -0.2) is 26.6 Å². The maximum Gasteiger partial charge on any atom is 0.185 e. The lowest BCUT2D eigenvalue weighted by molar-refractivity contribution is 0.0853. The summed E-state index contributed by atoms with van der Waals surface area (Å²) < 4.78 is 74.8. The van der Waals surface area contributed by atoms with Crippen LogP contribution in [0.15, 0.2) is 65.8 Å². The topological polar surface area (TPSA) is 69.2 Å². The summed E-state index contributed by atoms with van der Waals surface area (Å²) in [5.41, 5.74) is 1.21. The first-order chi connectivity index (χ1) is 17.3. The zero-order chi connectivity index (χ0) is 25.3. The van der Waals surface area contributed by atoms with Crippen molar-refractivity contribution in [2.24, 2.45) is 0 Å². The Bertz CT molecular complexity index is 1500. The molecule has 0 aliphatic carbocycles. The summed E-state index contributed by atoms with van der Waals surface area (Å²) in [6.07, 6.45) is 4.89. The van der Waals surface area contributed by atoms with Crippen molar-refractivity contribution in [3.8, 4) is 21.7 Å². The number of hydrogen-bond acceptors (Lipinski definition) is 6. The summed E-state index contributed by atoms with van der Waals surface area (Å²) in [6.45, 7) is 1.25. The summed E-state index contributed by atoms with van der Waals surface area (Å²) in [7, 11) is -4.36. The molecule has 4 aromatic rings. The van der Waals surface area contributed by atoms with Gasteiger partial charge in [0.05, 0.1) is 21.3 Å². The highest BCUT2D eigenvalue weighted by Gasteiger charge is 2.27. The van der Waals surface area contributed by atoms with Gasteiger partial charge in [-0.3, -0.25) is 4.98 Å². The molecule has 10 heteroatoms. The molecular formula is C26H21F3N2O3S2. The van der Waals surface area contributed by atoms with E-state index in [1.807, 2.05) is 12.1 Å². The number of nitrogens with zero attached hydrogens (tertiary/aromatic N) is 2. The summed E-state index contributed by atoms with van der Waals surface area (Å²) >= 11 is 1.47. The van der Waals surface area contributed by atoms with Crippen LogP contribution >= 0.6 is 11.3 Å². The van der Waals surface area contributed by atoms with Gasteiger partial charge in [0.1, 0.15) is 22.3 Å². The van der Waals surface area contributed by atoms with Crippen LogP contribution in [0.4, 0.5) is 13.2 Å². The lowest BCUT2D eigenvalue weighted by atomic mass is 10.0. The third-order valence-electron chi connectivity index (χ3n) is 6.06. The lowest BCUT2D eigenvalue weighted by Gasteiger charge is -2.19. The summed E-state index contributed by atoms with van der Waals surface area (Å²) in [4.78, 5) is 8.80. The molecule has 0 spiro atoms. The zero-order valence-electron chi connectivity index (χ0n) is 19.0. The first-order valence-electron chi connectivity index (χ1n) is 11.3. The van der Waals surface area contributed by atoms with E-state index in [1.54, 1.807) is 18.5 Å². The summed E-state index contributed by atoms with van der Waals surface area (Å²) in [6, 6.07) is 10.2. The molecule has 0 radical (unpaired) electrons. The second kappa shape index (κ2) is 10.1. The van der Waals surface area contributed by atoms with E-state index in [9.17, 15) is 17.2 Å². The summed E-state index contributed by atoms with van der Waals surface area (Å²) in [5, 5.41) is 0.861. The number of sulfone groups is 1. The maximum atomic E-state index is 15.8. The third-order valence-corrected chi connectivity index (χ3v) is 9.01. The number of rotatable bonds is 6. The smallest absolute Gasteiger partial charge is 0.185 e. The van der Waals surface area contributed by atoms with Crippen LogP contribution in [0.1, 0.15) is 29.3 Å². The highest BCUT2D eigenvalue weighted by Crippen LogP contribution is 2.42. The van der Waals surface area contributed by atoms with Gasteiger partial charge in [0.2, 0.25) is 0 Å².